The first-order valence-electron chi connectivity index (χ1n) is 9.20. The number of carbonyl (C=O) groups is 2. The van der Waals surface area contributed by atoms with E-state index < -0.39 is 0 Å². The second-order valence-electron chi connectivity index (χ2n) is 6.83. The van der Waals surface area contributed by atoms with E-state index in [0.29, 0.717) is 13.1 Å². The van der Waals surface area contributed by atoms with Crippen molar-refractivity contribution in [1.29, 1.82) is 0 Å². The molecule has 2 atom stereocenters. The summed E-state index contributed by atoms with van der Waals surface area (Å²) in [6.07, 6.45) is 1.62. The van der Waals surface area contributed by atoms with E-state index in [2.05, 4.69) is 26.6 Å². The van der Waals surface area contributed by atoms with E-state index in [0.717, 1.165) is 28.6 Å². The highest BCUT2D eigenvalue weighted by Gasteiger charge is 2.29. The minimum Gasteiger partial charge on any atom is -0.331 e. The second-order valence-corrected chi connectivity index (χ2v) is 7.69. The molecule has 2 N–H and O–H groups in total. The average molecular weight is 430 g/mol. The van der Waals surface area contributed by atoms with E-state index in [4.69, 9.17) is 0 Å². The number of urea groups is 1. The fourth-order valence-corrected chi connectivity index (χ4v) is 3.95. The molecule has 1 fully saturated rings. The van der Waals surface area contributed by atoms with E-state index in [-0.39, 0.29) is 23.9 Å². The Morgan fingerprint density at radius 3 is 2.56 bits per heavy atom. The summed E-state index contributed by atoms with van der Waals surface area (Å²) in [5.41, 5.74) is 1.81. The maximum absolute atomic E-state index is 12.7. The van der Waals surface area contributed by atoms with Gasteiger partial charge in [0, 0.05) is 23.2 Å². The van der Waals surface area contributed by atoms with Crippen molar-refractivity contribution in [2.45, 2.75) is 25.8 Å². The van der Waals surface area contributed by atoms with Gasteiger partial charge in [0.2, 0.25) is 5.91 Å². The molecule has 5 nitrogen and oxygen atoms in total. The number of halogens is 1. The topological polar surface area (TPSA) is 61.4 Å². The predicted molar refractivity (Wildman–Crippen MR) is 110 cm³/mol. The standard InChI is InChI=1S/C21H24BrN3O2/c1-15(18-11-5-6-12-19(18)22)23-21(27)25-13-7-8-16(14-25)20(26)24-17-9-3-2-4-10-17/h2-6,9-12,15-16H,7-8,13-14H2,1H3,(H,23,27)(H,24,26). The number of nitrogens with one attached hydrogen (secondary N) is 2. The summed E-state index contributed by atoms with van der Waals surface area (Å²) in [7, 11) is 0. The number of anilines is 1. The van der Waals surface area contributed by atoms with Crippen molar-refractivity contribution in [3.63, 3.8) is 0 Å². The van der Waals surface area contributed by atoms with E-state index >= 15 is 0 Å². The van der Waals surface area contributed by atoms with Crippen LogP contribution in [0, 0.1) is 5.92 Å². The Balaban J connectivity index is 1.58. The van der Waals surface area contributed by atoms with Gasteiger partial charge in [0.25, 0.3) is 0 Å². The molecule has 0 spiro atoms. The summed E-state index contributed by atoms with van der Waals surface area (Å²) in [5.74, 6) is -0.221. The van der Waals surface area contributed by atoms with Crippen LogP contribution in [0.4, 0.5) is 10.5 Å². The normalized spacial score (nSPS) is 17.9. The second kappa shape index (κ2) is 9.04. The molecule has 0 saturated carbocycles. The maximum atomic E-state index is 12.7. The van der Waals surface area contributed by atoms with Gasteiger partial charge in [-0.3, -0.25) is 4.79 Å². The highest BCUT2D eigenvalue weighted by atomic mass is 79.9. The first-order valence-corrected chi connectivity index (χ1v) is 9.99. The molecule has 27 heavy (non-hydrogen) atoms. The van der Waals surface area contributed by atoms with Gasteiger partial charge in [0.15, 0.2) is 0 Å². The Kier molecular flexibility index (Phi) is 6.50. The van der Waals surface area contributed by atoms with Gasteiger partial charge in [-0.15, -0.1) is 0 Å². The third-order valence-electron chi connectivity index (χ3n) is 4.83. The molecule has 2 aromatic carbocycles. The third-order valence-corrected chi connectivity index (χ3v) is 5.55. The molecule has 2 aromatic rings. The molecule has 0 aromatic heterocycles. The summed E-state index contributed by atoms with van der Waals surface area (Å²) in [6.45, 7) is 3.07. The van der Waals surface area contributed by atoms with Crippen LogP contribution in [0.2, 0.25) is 0 Å². The fourth-order valence-electron chi connectivity index (χ4n) is 3.32. The number of amides is 3. The number of hydrogen-bond acceptors (Lipinski definition) is 2. The van der Waals surface area contributed by atoms with Gasteiger partial charge < -0.3 is 15.5 Å². The zero-order valence-electron chi connectivity index (χ0n) is 15.3. The van der Waals surface area contributed by atoms with Crippen LogP contribution in [0.1, 0.15) is 31.4 Å². The number of piperidine rings is 1. The molecule has 3 rings (SSSR count). The number of carbonyl (C=O) groups excluding carboxylic acids is 2. The molecular weight excluding hydrogens is 406 g/mol. The quantitative estimate of drug-likeness (QED) is 0.747. The van der Waals surface area contributed by atoms with Gasteiger partial charge in [-0.05, 0) is 43.5 Å². The van der Waals surface area contributed by atoms with Gasteiger partial charge in [-0.1, -0.05) is 52.3 Å². The first-order chi connectivity index (χ1) is 13.0. The number of rotatable bonds is 4. The smallest absolute Gasteiger partial charge is 0.317 e. The Labute approximate surface area is 168 Å². The molecule has 3 amide bonds. The highest BCUT2D eigenvalue weighted by Crippen LogP contribution is 2.24. The summed E-state index contributed by atoms with van der Waals surface area (Å²) < 4.78 is 0.969. The molecule has 1 aliphatic rings. The molecule has 0 bridgehead atoms. The lowest BCUT2D eigenvalue weighted by molar-refractivity contribution is -0.121. The lowest BCUT2D eigenvalue weighted by Crippen LogP contribution is -2.48. The van der Waals surface area contributed by atoms with Crippen molar-refractivity contribution in [2.75, 3.05) is 18.4 Å². The summed E-state index contributed by atoms with van der Waals surface area (Å²) in [4.78, 5) is 27.0. The average Bonchev–Trinajstić information content (AvgIpc) is 2.69. The Bertz CT molecular complexity index is 797. The van der Waals surface area contributed by atoms with Crippen LogP contribution in [0.5, 0.6) is 0 Å². The van der Waals surface area contributed by atoms with Gasteiger partial charge in [-0.2, -0.15) is 0 Å². The van der Waals surface area contributed by atoms with Crippen molar-refractivity contribution < 1.29 is 9.59 Å². The van der Waals surface area contributed by atoms with Crippen molar-refractivity contribution >= 4 is 33.6 Å². The number of nitrogens with zero attached hydrogens (tertiary/aromatic N) is 1. The molecule has 1 heterocycles. The molecule has 142 valence electrons. The van der Waals surface area contributed by atoms with Crippen LogP contribution in [-0.2, 0) is 4.79 Å². The lowest BCUT2D eigenvalue weighted by atomic mass is 9.97. The minimum absolute atomic E-state index is 0.0300. The van der Waals surface area contributed by atoms with Crippen LogP contribution < -0.4 is 10.6 Å². The Hall–Kier alpha value is -2.34. The molecule has 1 aliphatic heterocycles. The Morgan fingerprint density at radius 2 is 1.81 bits per heavy atom. The highest BCUT2D eigenvalue weighted by molar-refractivity contribution is 9.10. The van der Waals surface area contributed by atoms with E-state index in [1.165, 1.54) is 0 Å². The van der Waals surface area contributed by atoms with Gasteiger partial charge in [-0.25, -0.2) is 4.79 Å². The number of likely N-dealkylation sites (tertiary alicyclic amines) is 1. The summed E-state index contributed by atoms with van der Waals surface area (Å²) in [6, 6.07) is 17.0. The van der Waals surface area contributed by atoms with Gasteiger partial charge in [0.1, 0.15) is 0 Å². The van der Waals surface area contributed by atoms with E-state index in [1.54, 1.807) is 4.90 Å². The molecule has 6 heteroatoms. The lowest BCUT2D eigenvalue weighted by Gasteiger charge is -2.33. The Morgan fingerprint density at radius 1 is 1.11 bits per heavy atom. The third kappa shape index (κ3) is 5.10. The van der Waals surface area contributed by atoms with Crippen LogP contribution in [0.3, 0.4) is 0 Å². The SMILES string of the molecule is CC(NC(=O)N1CCCC(C(=O)Nc2ccccc2)C1)c1ccccc1Br. The van der Waals surface area contributed by atoms with Crippen molar-refractivity contribution in [3.8, 4) is 0 Å². The molecule has 0 radical (unpaired) electrons. The molecule has 1 saturated heterocycles. The van der Waals surface area contributed by atoms with Crippen LogP contribution in [0.15, 0.2) is 59.1 Å². The van der Waals surface area contributed by atoms with Crippen molar-refractivity contribution in [2.24, 2.45) is 5.92 Å². The zero-order chi connectivity index (χ0) is 19.2. The largest absolute Gasteiger partial charge is 0.331 e. The predicted octanol–water partition coefficient (Wildman–Crippen LogP) is 4.57. The number of para-hydroxylation sites is 1. The number of benzene rings is 2. The monoisotopic (exact) mass is 429 g/mol. The molecular formula is C21H24BrN3O2. The van der Waals surface area contributed by atoms with Crippen molar-refractivity contribution in [3.05, 3.63) is 64.6 Å². The maximum Gasteiger partial charge on any atom is 0.317 e. The molecule has 2 unspecified atom stereocenters. The van der Waals surface area contributed by atoms with Crippen LogP contribution >= 0.6 is 15.9 Å². The van der Waals surface area contributed by atoms with E-state index in [1.807, 2.05) is 61.5 Å². The minimum atomic E-state index is -0.191. The van der Waals surface area contributed by atoms with E-state index in [9.17, 15) is 9.59 Å². The van der Waals surface area contributed by atoms with Gasteiger partial charge >= 0.3 is 6.03 Å². The summed E-state index contributed by atoms with van der Waals surface area (Å²) >= 11 is 3.53. The van der Waals surface area contributed by atoms with Crippen LogP contribution in [0.25, 0.3) is 0 Å². The number of hydrogen-bond donors (Lipinski definition) is 2. The fraction of sp³-hybridized carbons (Fsp3) is 0.333. The zero-order valence-corrected chi connectivity index (χ0v) is 16.9. The summed E-state index contributed by atoms with van der Waals surface area (Å²) in [5, 5.41) is 5.98. The van der Waals surface area contributed by atoms with Gasteiger partial charge in [0.05, 0.1) is 12.0 Å². The first kappa shape index (κ1) is 19.4. The molecule has 0 aliphatic carbocycles. The van der Waals surface area contributed by atoms with Crippen molar-refractivity contribution in [1.82, 2.24) is 10.2 Å². The van der Waals surface area contributed by atoms with Crippen LogP contribution in [-0.4, -0.2) is 29.9 Å².